The lowest BCUT2D eigenvalue weighted by Crippen LogP contribution is -2.01. The summed E-state index contributed by atoms with van der Waals surface area (Å²) < 4.78 is 11.5. The molecule has 1 heterocycles. The topological polar surface area (TPSA) is 59.7 Å². The number of halogens is 1. The Morgan fingerprint density at radius 3 is 2.82 bits per heavy atom. The lowest BCUT2D eigenvalue weighted by Gasteiger charge is -2.07. The summed E-state index contributed by atoms with van der Waals surface area (Å²) in [7, 11) is 1.53. The Kier molecular flexibility index (Phi) is 3.11. The quantitative estimate of drug-likeness (QED) is 0.946. The van der Waals surface area contributed by atoms with Crippen molar-refractivity contribution in [3.8, 4) is 5.75 Å². The molecule has 0 fully saturated rings. The highest BCUT2D eigenvalue weighted by molar-refractivity contribution is 9.10. The number of rotatable bonds is 3. The highest BCUT2D eigenvalue weighted by Gasteiger charge is 2.16. The van der Waals surface area contributed by atoms with Gasteiger partial charge in [0, 0.05) is 9.86 Å². The summed E-state index contributed by atoms with van der Waals surface area (Å²) >= 11 is 3.41. The van der Waals surface area contributed by atoms with E-state index in [-0.39, 0.29) is 6.42 Å². The molecule has 0 aliphatic carbocycles. The molecular weight excluding hydrogens is 288 g/mol. The molecule has 2 aromatic rings. The molecule has 0 spiro atoms. The van der Waals surface area contributed by atoms with Gasteiger partial charge in [0.15, 0.2) is 11.3 Å². The van der Waals surface area contributed by atoms with Crippen LogP contribution in [0, 0.1) is 6.92 Å². The predicted molar refractivity (Wildman–Crippen MR) is 66.5 cm³/mol. The van der Waals surface area contributed by atoms with Crippen LogP contribution >= 0.6 is 15.9 Å². The van der Waals surface area contributed by atoms with Crippen molar-refractivity contribution in [2.75, 3.05) is 7.11 Å². The van der Waals surface area contributed by atoms with Gasteiger partial charge in [-0.1, -0.05) is 0 Å². The van der Waals surface area contributed by atoms with Crippen LogP contribution in [0.25, 0.3) is 11.0 Å². The Hall–Kier alpha value is -1.49. The third-order valence-corrected chi connectivity index (χ3v) is 3.40. The van der Waals surface area contributed by atoms with E-state index in [9.17, 15) is 4.79 Å². The average molecular weight is 299 g/mol. The van der Waals surface area contributed by atoms with Gasteiger partial charge in [0.25, 0.3) is 0 Å². The third kappa shape index (κ3) is 2.15. The molecule has 0 aliphatic heterocycles. The van der Waals surface area contributed by atoms with Gasteiger partial charge in [0.1, 0.15) is 5.76 Å². The first-order valence-electron chi connectivity index (χ1n) is 5.00. The van der Waals surface area contributed by atoms with E-state index in [0.29, 0.717) is 16.9 Å². The van der Waals surface area contributed by atoms with Crippen LogP contribution < -0.4 is 4.74 Å². The number of hydrogen-bond donors (Lipinski definition) is 1. The first kappa shape index (κ1) is 12.0. The van der Waals surface area contributed by atoms with Gasteiger partial charge < -0.3 is 14.3 Å². The fourth-order valence-corrected chi connectivity index (χ4v) is 2.31. The van der Waals surface area contributed by atoms with Gasteiger partial charge in [0.2, 0.25) is 0 Å². The molecular formula is C12H11BrO4. The Balaban J connectivity index is 2.70. The van der Waals surface area contributed by atoms with Crippen LogP contribution in [0.5, 0.6) is 5.75 Å². The second-order valence-electron chi connectivity index (χ2n) is 3.72. The van der Waals surface area contributed by atoms with Crippen molar-refractivity contribution in [1.29, 1.82) is 0 Å². The second kappa shape index (κ2) is 4.41. The molecule has 1 aromatic heterocycles. The van der Waals surface area contributed by atoms with E-state index in [4.69, 9.17) is 14.3 Å². The first-order chi connectivity index (χ1) is 8.02. The largest absolute Gasteiger partial charge is 0.493 e. The number of carboxylic acids is 1. The lowest BCUT2D eigenvalue weighted by atomic mass is 10.1. The molecule has 1 N–H and O–H groups in total. The van der Waals surface area contributed by atoms with Gasteiger partial charge in [-0.3, -0.25) is 4.79 Å². The van der Waals surface area contributed by atoms with Crippen LogP contribution in [-0.4, -0.2) is 18.2 Å². The van der Waals surface area contributed by atoms with Gasteiger partial charge in [0.05, 0.1) is 13.5 Å². The van der Waals surface area contributed by atoms with Crippen LogP contribution in [0.15, 0.2) is 21.0 Å². The molecule has 0 bridgehead atoms. The van der Waals surface area contributed by atoms with Crippen molar-refractivity contribution >= 4 is 32.9 Å². The van der Waals surface area contributed by atoms with Gasteiger partial charge in [-0.25, -0.2) is 0 Å². The summed E-state index contributed by atoms with van der Waals surface area (Å²) in [4.78, 5) is 10.8. The number of aryl methyl sites for hydroxylation is 1. The number of carbonyl (C=O) groups is 1. The van der Waals surface area contributed by atoms with E-state index < -0.39 is 5.97 Å². The molecule has 1 aromatic carbocycles. The Bertz CT molecular complexity index is 586. The summed E-state index contributed by atoms with van der Waals surface area (Å²) in [6.45, 7) is 1.84. The molecule has 0 saturated heterocycles. The number of furan rings is 1. The van der Waals surface area contributed by atoms with Crippen LogP contribution in [0.3, 0.4) is 0 Å². The summed E-state index contributed by atoms with van der Waals surface area (Å²) in [5.41, 5.74) is 1.30. The summed E-state index contributed by atoms with van der Waals surface area (Å²) in [6.07, 6.45) is -0.0584. The van der Waals surface area contributed by atoms with Crippen molar-refractivity contribution in [1.82, 2.24) is 0 Å². The van der Waals surface area contributed by atoms with Crippen LogP contribution in [0.1, 0.15) is 11.3 Å². The molecule has 0 amide bonds. The zero-order valence-corrected chi connectivity index (χ0v) is 11.0. The molecule has 90 valence electrons. The molecule has 0 unspecified atom stereocenters. The minimum absolute atomic E-state index is 0.0584. The number of ether oxygens (including phenoxy) is 1. The lowest BCUT2D eigenvalue weighted by molar-refractivity contribution is -0.136. The standard InChI is InChI=1S/C12H11BrO4/c1-6-3-8-11(13)7(5-10(14)15)4-9(16-2)12(8)17-6/h3-4H,5H2,1-2H3,(H,14,15). The maximum Gasteiger partial charge on any atom is 0.307 e. The second-order valence-corrected chi connectivity index (χ2v) is 4.52. The van der Waals surface area contributed by atoms with Crippen molar-refractivity contribution in [2.45, 2.75) is 13.3 Å². The van der Waals surface area contributed by atoms with Gasteiger partial charge >= 0.3 is 5.97 Å². The van der Waals surface area contributed by atoms with E-state index in [0.717, 1.165) is 15.6 Å². The molecule has 2 rings (SSSR count). The fourth-order valence-electron chi connectivity index (χ4n) is 1.76. The van der Waals surface area contributed by atoms with Crippen molar-refractivity contribution in [3.63, 3.8) is 0 Å². The zero-order valence-electron chi connectivity index (χ0n) is 9.41. The molecule has 4 nitrogen and oxygen atoms in total. The maximum atomic E-state index is 10.8. The predicted octanol–water partition coefficient (Wildman–Crippen LogP) is 3.14. The number of benzene rings is 1. The van der Waals surface area contributed by atoms with Crippen LogP contribution in [-0.2, 0) is 11.2 Å². The third-order valence-electron chi connectivity index (χ3n) is 2.46. The number of methoxy groups -OCH3 is 1. The van der Waals surface area contributed by atoms with Gasteiger partial charge in [-0.2, -0.15) is 0 Å². The van der Waals surface area contributed by atoms with Crippen LogP contribution in [0.2, 0.25) is 0 Å². The molecule has 0 radical (unpaired) electrons. The highest BCUT2D eigenvalue weighted by atomic mass is 79.9. The van der Waals surface area contributed by atoms with Crippen molar-refractivity contribution in [2.24, 2.45) is 0 Å². The number of fused-ring (bicyclic) bond motifs is 1. The average Bonchev–Trinajstić information content (AvgIpc) is 2.64. The summed E-state index contributed by atoms with van der Waals surface area (Å²) in [5, 5.41) is 9.68. The maximum absolute atomic E-state index is 10.8. The van der Waals surface area contributed by atoms with Gasteiger partial charge in [-0.15, -0.1) is 0 Å². The van der Waals surface area contributed by atoms with E-state index in [1.54, 1.807) is 6.07 Å². The van der Waals surface area contributed by atoms with E-state index in [1.807, 2.05) is 13.0 Å². The smallest absolute Gasteiger partial charge is 0.307 e. The Labute approximate surface area is 106 Å². The first-order valence-corrected chi connectivity index (χ1v) is 5.79. The normalized spacial score (nSPS) is 10.8. The van der Waals surface area contributed by atoms with Gasteiger partial charge in [-0.05, 0) is 40.5 Å². The molecule has 0 atom stereocenters. The fraction of sp³-hybridized carbons (Fsp3) is 0.250. The molecule has 5 heteroatoms. The molecule has 0 aliphatic rings. The molecule has 0 saturated carbocycles. The van der Waals surface area contributed by atoms with E-state index >= 15 is 0 Å². The minimum Gasteiger partial charge on any atom is -0.493 e. The monoisotopic (exact) mass is 298 g/mol. The van der Waals surface area contributed by atoms with Crippen molar-refractivity contribution < 1.29 is 19.1 Å². The highest BCUT2D eigenvalue weighted by Crippen LogP contribution is 2.37. The van der Waals surface area contributed by atoms with E-state index in [2.05, 4.69) is 15.9 Å². The summed E-state index contributed by atoms with van der Waals surface area (Å²) in [6, 6.07) is 3.54. The number of aliphatic carboxylic acids is 1. The minimum atomic E-state index is -0.882. The zero-order chi connectivity index (χ0) is 12.6. The van der Waals surface area contributed by atoms with E-state index in [1.165, 1.54) is 7.11 Å². The SMILES string of the molecule is COc1cc(CC(=O)O)c(Br)c2cc(C)oc12. The Morgan fingerprint density at radius 1 is 1.53 bits per heavy atom. The summed E-state index contributed by atoms with van der Waals surface area (Å²) in [5.74, 6) is 0.423. The number of carboxylic acid groups (broad SMARTS) is 1. The molecule has 17 heavy (non-hydrogen) atoms. The number of hydrogen-bond acceptors (Lipinski definition) is 3. The van der Waals surface area contributed by atoms with Crippen LogP contribution in [0.4, 0.5) is 0 Å². The van der Waals surface area contributed by atoms with Crippen molar-refractivity contribution in [3.05, 3.63) is 27.9 Å². The Morgan fingerprint density at radius 2 is 2.24 bits per heavy atom.